The minimum atomic E-state index is -0.234. The molecule has 32 heavy (non-hydrogen) atoms. The van der Waals surface area contributed by atoms with Crippen LogP contribution < -0.4 is 0 Å². The molecule has 3 nitrogen and oxygen atoms in total. The molecule has 0 unspecified atom stereocenters. The Morgan fingerprint density at radius 3 is 1.06 bits per heavy atom. The van der Waals surface area contributed by atoms with Gasteiger partial charge in [0.1, 0.15) is 0 Å². The van der Waals surface area contributed by atoms with Crippen molar-refractivity contribution < 1.29 is 14.4 Å². The Morgan fingerprint density at radius 1 is 0.406 bits per heavy atom. The van der Waals surface area contributed by atoms with E-state index in [-0.39, 0.29) is 17.3 Å². The lowest BCUT2D eigenvalue weighted by atomic mass is 9.92. The lowest BCUT2D eigenvalue weighted by molar-refractivity contribution is 0.103. The first kappa shape index (κ1) is 21.1. The predicted octanol–water partition coefficient (Wildman–Crippen LogP) is 6.00. The average Bonchev–Trinajstić information content (AvgIpc) is 2.84. The number of hydrogen-bond donors (Lipinski definition) is 0. The summed E-state index contributed by atoms with van der Waals surface area (Å²) in [6, 6.07) is 28.0. The van der Waals surface area contributed by atoms with Gasteiger partial charge in [0.2, 0.25) is 0 Å². The highest BCUT2D eigenvalue weighted by Crippen LogP contribution is 2.21. The Morgan fingerprint density at radius 2 is 0.719 bits per heavy atom. The summed E-state index contributed by atoms with van der Waals surface area (Å²) in [6.45, 7) is 3.90. The molecule has 0 saturated carbocycles. The van der Waals surface area contributed by atoms with Crippen molar-refractivity contribution in [3.05, 3.63) is 142 Å². The summed E-state index contributed by atoms with van der Waals surface area (Å²) in [4.78, 5) is 39.5. The second-order valence-corrected chi connectivity index (χ2v) is 7.88. The van der Waals surface area contributed by atoms with E-state index in [1.54, 1.807) is 66.7 Å². The van der Waals surface area contributed by atoms with Gasteiger partial charge in [-0.3, -0.25) is 14.4 Å². The van der Waals surface area contributed by atoms with Gasteiger partial charge in [0.25, 0.3) is 0 Å². The van der Waals surface area contributed by atoms with Gasteiger partial charge < -0.3 is 0 Å². The molecule has 0 fully saturated rings. The third-order valence-corrected chi connectivity index (χ3v) is 5.38. The highest BCUT2D eigenvalue weighted by molar-refractivity contribution is 6.17. The van der Waals surface area contributed by atoms with Gasteiger partial charge in [-0.15, -0.1) is 0 Å². The number of carbonyl (C=O) groups excluding carboxylic acids is 3. The maximum atomic E-state index is 13.2. The van der Waals surface area contributed by atoms with E-state index >= 15 is 0 Å². The number of aryl methyl sites for hydroxylation is 2. The molecule has 0 heterocycles. The van der Waals surface area contributed by atoms with Crippen molar-refractivity contribution in [2.24, 2.45) is 0 Å². The lowest BCUT2D eigenvalue weighted by Crippen LogP contribution is -2.10. The maximum absolute atomic E-state index is 13.2. The van der Waals surface area contributed by atoms with E-state index in [9.17, 15) is 14.4 Å². The van der Waals surface area contributed by atoms with E-state index in [4.69, 9.17) is 0 Å². The molecule has 0 N–H and O–H groups in total. The van der Waals surface area contributed by atoms with Gasteiger partial charge in [-0.25, -0.2) is 0 Å². The molecule has 0 aliphatic rings. The molecule has 0 aliphatic carbocycles. The molecule has 156 valence electrons. The van der Waals surface area contributed by atoms with Gasteiger partial charge >= 0.3 is 0 Å². The van der Waals surface area contributed by atoms with Crippen LogP contribution in [0.25, 0.3) is 0 Å². The van der Waals surface area contributed by atoms with Gasteiger partial charge in [-0.1, -0.05) is 90.0 Å². The van der Waals surface area contributed by atoms with Crippen molar-refractivity contribution in [3.8, 4) is 0 Å². The first-order valence-electron chi connectivity index (χ1n) is 10.4. The molecule has 0 aliphatic heterocycles. The monoisotopic (exact) mass is 418 g/mol. The fourth-order valence-electron chi connectivity index (χ4n) is 3.52. The molecular formula is C29H22O3. The topological polar surface area (TPSA) is 51.2 Å². The number of ketones is 3. The first-order chi connectivity index (χ1) is 15.4. The Balaban J connectivity index is 1.81. The summed E-state index contributed by atoms with van der Waals surface area (Å²) >= 11 is 0. The molecule has 4 aromatic rings. The number of rotatable bonds is 6. The summed E-state index contributed by atoms with van der Waals surface area (Å²) < 4.78 is 0. The molecule has 3 heteroatoms. The molecule has 0 aromatic heterocycles. The normalized spacial score (nSPS) is 10.6. The fraction of sp³-hybridized carbons (Fsp3) is 0.0690. The van der Waals surface area contributed by atoms with E-state index in [0.29, 0.717) is 33.4 Å². The van der Waals surface area contributed by atoms with Crippen molar-refractivity contribution in [2.45, 2.75) is 13.8 Å². The zero-order valence-corrected chi connectivity index (χ0v) is 18.0. The first-order valence-corrected chi connectivity index (χ1v) is 10.4. The minimum absolute atomic E-state index is 0.231. The molecular weight excluding hydrogens is 396 g/mol. The van der Waals surface area contributed by atoms with Crippen LogP contribution in [0, 0.1) is 13.8 Å². The third-order valence-electron chi connectivity index (χ3n) is 5.38. The SMILES string of the molecule is Cc1ccc(C(=O)c2cc(C(=O)c3ccccc3)cc(C(=O)c3ccc(C)cc3)c2)cc1. The fourth-order valence-corrected chi connectivity index (χ4v) is 3.52. The molecule has 0 atom stereocenters. The Kier molecular flexibility index (Phi) is 5.91. The van der Waals surface area contributed by atoms with E-state index in [1.807, 2.05) is 44.2 Å². The average molecular weight is 418 g/mol. The molecule has 0 spiro atoms. The summed E-state index contributed by atoms with van der Waals surface area (Å²) in [5.41, 5.74) is 4.54. The summed E-state index contributed by atoms with van der Waals surface area (Å²) in [6.07, 6.45) is 0. The molecule has 0 saturated heterocycles. The quantitative estimate of drug-likeness (QED) is 0.361. The van der Waals surface area contributed by atoms with Crippen LogP contribution in [0.2, 0.25) is 0 Å². The van der Waals surface area contributed by atoms with Crippen molar-refractivity contribution in [1.82, 2.24) is 0 Å². The van der Waals surface area contributed by atoms with Crippen molar-refractivity contribution >= 4 is 17.3 Å². The lowest BCUT2D eigenvalue weighted by Gasteiger charge is -2.10. The summed E-state index contributed by atoms with van der Waals surface area (Å²) in [5.74, 6) is -0.696. The Bertz CT molecular complexity index is 1220. The van der Waals surface area contributed by atoms with Crippen molar-refractivity contribution in [1.29, 1.82) is 0 Å². The van der Waals surface area contributed by atoms with Gasteiger partial charge in [0.05, 0.1) is 0 Å². The van der Waals surface area contributed by atoms with Crippen LogP contribution in [-0.2, 0) is 0 Å². The van der Waals surface area contributed by atoms with Gasteiger partial charge in [-0.05, 0) is 32.0 Å². The largest absolute Gasteiger partial charge is 0.289 e. The van der Waals surface area contributed by atoms with Crippen LogP contribution in [0.15, 0.2) is 97.1 Å². The van der Waals surface area contributed by atoms with Gasteiger partial charge in [0, 0.05) is 33.4 Å². The number of hydrogen-bond acceptors (Lipinski definition) is 3. The number of benzene rings is 4. The number of carbonyl (C=O) groups is 3. The summed E-state index contributed by atoms with van der Waals surface area (Å²) in [7, 11) is 0. The molecule has 4 rings (SSSR count). The van der Waals surface area contributed by atoms with Crippen LogP contribution in [0.4, 0.5) is 0 Å². The van der Waals surface area contributed by atoms with Crippen molar-refractivity contribution in [2.75, 3.05) is 0 Å². The smallest absolute Gasteiger partial charge is 0.193 e. The van der Waals surface area contributed by atoms with E-state index in [2.05, 4.69) is 0 Å². The van der Waals surface area contributed by atoms with E-state index in [0.717, 1.165) is 11.1 Å². The Hall–Kier alpha value is -4.11. The van der Waals surface area contributed by atoms with Crippen LogP contribution in [0.3, 0.4) is 0 Å². The van der Waals surface area contributed by atoms with Crippen LogP contribution in [0.5, 0.6) is 0 Å². The van der Waals surface area contributed by atoms with E-state index in [1.165, 1.54) is 0 Å². The minimum Gasteiger partial charge on any atom is -0.289 e. The van der Waals surface area contributed by atoms with Crippen molar-refractivity contribution in [3.63, 3.8) is 0 Å². The summed E-state index contributed by atoms with van der Waals surface area (Å²) in [5, 5.41) is 0. The predicted molar refractivity (Wildman–Crippen MR) is 126 cm³/mol. The molecule has 0 bridgehead atoms. The molecule has 0 radical (unpaired) electrons. The maximum Gasteiger partial charge on any atom is 0.193 e. The van der Waals surface area contributed by atoms with E-state index < -0.39 is 0 Å². The van der Waals surface area contributed by atoms with Crippen LogP contribution in [0.1, 0.15) is 58.9 Å². The second kappa shape index (κ2) is 8.94. The molecule has 4 aromatic carbocycles. The Labute approximate surface area is 187 Å². The molecule has 0 amide bonds. The zero-order valence-electron chi connectivity index (χ0n) is 18.0. The van der Waals surface area contributed by atoms with Crippen LogP contribution in [-0.4, -0.2) is 17.3 Å². The van der Waals surface area contributed by atoms with Gasteiger partial charge in [0.15, 0.2) is 17.3 Å². The third kappa shape index (κ3) is 4.47. The standard InChI is InChI=1S/C29H22O3/c1-19-8-12-22(13-9-19)28(31)25-16-24(27(30)21-6-4-3-5-7-21)17-26(18-25)29(32)23-14-10-20(2)11-15-23/h3-18H,1-2H3. The zero-order chi connectivity index (χ0) is 22.7. The second-order valence-electron chi connectivity index (χ2n) is 7.88. The highest BCUT2D eigenvalue weighted by Gasteiger charge is 2.19. The van der Waals surface area contributed by atoms with Gasteiger partial charge in [-0.2, -0.15) is 0 Å². The highest BCUT2D eigenvalue weighted by atomic mass is 16.1. The van der Waals surface area contributed by atoms with Crippen LogP contribution >= 0.6 is 0 Å².